The summed E-state index contributed by atoms with van der Waals surface area (Å²) >= 11 is 0. The minimum Gasteiger partial charge on any atom is -0.369 e. The summed E-state index contributed by atoms with van der Waals surface area (Å²) in [4.78, 5) is 30.3. The Balaban J connectivity index is 1.39. The van der Waals surface area contributed by atoms with Crippen LogP contribution in [0, 0.1) is 0 Å². The number of amides is 1. The molecule has 4 rings (SSSR count). The number of carbonyl (C=O) groups excluding carboxylic acids is 1. The summed E-state index contributed by atoms with van der Waals surface area (Å²) in [5.74, 6) is 1.27. The van der Waals surface area contributed by atoms with Crippen molar-refractivity contribution in [2.24, 2.45) is 0 Å². The third-order valence-corrected chi connectivity index (χ3v) is 5.56. The van der Waals surface area contributed by atoms with Gasteiger partial charge < -0.3 is 15.0 Å². The smallest absolute Gasteiger partial charge is 0.237 e. The highest BCUT2D eigenvalue weighted by Gasteiger charge is 2.27. The number of morpholine rings is 1. The molecule has 172 valence electrons. The van der Waals surface area contributed by atoms with Gasteiger partial charge in [0, 0.05) is 38.1 Å². The maximum atomic E-state index is 13.2. The Morgan fingerprint density at radius 1 is 1.12 bits per heavy atom. The SMILES string of the molecule is CC(C)N(Cc1ccccc1)C(=O)CN1CCO[C@H](c2cccc(Nc3ncccn3)n2)C1. The van der Waals surface area contributed by atoms with Gasteiger partial charge in [0.25, 0.3) is 0 Å². The summed E-state index contributed by atoms with van der Waals surface area (Å²) in [7, 11) is 0. The zero-order valence-electron chi connectivity index (χ0n) is 19.1. The first-order chi connectivity index (χ1) is 16.1. The predicted octanol–water partition coefficient (Wildman–Crippen LogP) is 3.43. The van der Waals surface area contributed by atoms with Crippen molar-refractivity contribution in [3.05, 3.63) is 78.2 Å². The number of pyridine rings is 1. The van der Waals surface area contributed by atoms with Crippen molar-refractivity contribution in [3.8, 4) is 0 Å². The highest BCUT2D eigenvalue weighted by Crippen LogP contribution is 2.23. The van der Waals surface area contributed by atoms with Crippen LogP contribution in [0.15, 0.2) is 67.0 Å². The molecule has 1 aliphatic rings. The lowest BCUT2D eigenvalue weighted by molar-refractivity contribution is -0.136. The molecule has 3 heterocycles. The minimum atomic E-state index is -0.202. The van der Waals surface area contributed by atoms with Gasteiger partial charge in [0.05, 0.1) is 18.8 Å². The van der Waals surface area contributed by atoms with Crippen molar-refractivity contribution >= 4 is 17.7 Å². The van der Waals surface area contributed by atoms with Crippen molar-refractivity contribution < 1.29 is 9.53 Å². The maximum absolute atomic E-state index is 13.2. The molecule has 1 atom stereocenters. The molecule has 0 unspecified atom stereocenters. The molecule has 1 aliphatic heterocycles. The normalized spacial score (nSPS) is 16.5. The number of ether oxygens (including phenoxy) is 1. The molecule has 1 saturated heterocycles. The monoisotopic (exact) mass is 446 g/mol. The van der Waals surface area contributed by atoms with E-state index in [0.717, 1.165) is 17.8 Å². The fraction of sp³-hybridized carbons (Fsp3) is 0.360. The van der Waals surface area contributed by atoms with Gasteiger partial charge in [-0.2, -0.15) is 0 Å². The summed E-state index contributed by atoms with van der Waals surface area (Å²) in [5, 5.41) is 3.11. The highest BCUT2D eigenvalue weighted by atomic mass is 16.5. The van der Waals surface area contributed by atoms with Gasteiger partial charge in [-0.15, -0.1) is 0 Å². The fourth-order valence-corrected chi connectivity index (χ4v) is 3.82. The van der Waals surface area contributed by atoms with E-state index in [1.165, 1.54) is 0 Å². The number of nitrogens with zero attached hydrogens (tertiary/aromatic N) is 5. The molecule has 33 heavy (non-hydrogen) atoms. The second-order valence-electron chi connectivity index (χ2n) is 8.34. The van der Waals surface area contributed by atoms with Gasteiger partial charge in [-0.3, -0.25) is 9.69 Å². The summed E-state index contributed by atoms with van der Waals surface area (Å²) < 4.78 is 6.00. The van der Waals surface area contributed by atoms with Crippen molar-refractivity contribution in [1.82, 2.24) is 24.8 Å². The number of carbonyl (C=O) groups is 1. The number of hydrogen-bond donors (Lipinski definition) is 1. The average Bonchev–Trinajstić information content (AvgIpc) is 2.84. The Kier molecular flexibility index (Phi) is 7.59. The summed E-state index contributed by atoms with van der Waals surface area (Å²) in [6.45, 7) is 6.97. The van der Waals surface area contributed by atoms with Crippen molar-refractivity contribution in [2.75, 3.05) is 31.6 Å². The lowest BCUT2D eigenvalue weighted by Gasteiger charge is -2.35. The van der Waals surface area contributed by atoms with Gasteiger partial charge in [0.2, 0.25) is 11.9 Å². The molecule has 2 aromatic heterocycles. The van der Waals surface area contributed by atoms with Crippen LogP contribution in [-0.4, -0.2) is 62.9 Å². The van der Waals surface area contributed by atoms with Gasteiger partial charge in [0.15, 0.2) is 0 Å². The van der Waals surface area contributed by atoms with E-state index in [4.69, 9.17) is 4.74 Å². The van der Waals surface area contributed by atoms with Crippen LogP contribution >= 0.6 is 0 Å². The van der Waals surface area contributed by atoms with E-state index in [-0.39, 0.29) is 18.1 Å². The minimum absolute atomic E-state index is 0.124. The molecule has 0 bridgehead atoms. The second-order valence-corrected chi connectivity index (χ2v) is 8.34. The average molecular weight is 447 g/mol. The molecule has 3 aromatic rings. The molecule has 8 heteroatoms. The molecule has 0 aliphatic carbocycles. The maximum Gasteiger partial charge on any atom is 0.237 e. The van der Waals surface area contributed by atoms with E-state index in [2.05, 4.69) is 51.1 Å². The topological polar surface area (TPSA) is 83.5 Å². The van der Waals surface area contributed by atoms with Crippen LogP contribution < -0.4 is 5.32 Å². The second kappa shape index (κ2) is 11.0. The van der Waals surface area contributed by atoms with Crippen molar-refractivity contribution in [1.29, 1.82) is 0 Å². The number of benzene rings is 1. The summed E-state index contributed by atoms with van der Waals surface area (Å²) in [6, 6.07) is 17.7. The van der Waals surface area contributed by atoms with Crippen LogP contribution in [0.1, 0.15) is 31.2 Å². The van der Waals surface area contributed by atoms with E-state index < -0.39 is 0 Å². The largest absolute Gasteiger partial charge is 0.369 e. The predicted molar refractivity (Wildman–Crippen MR) is 127 cm³/mol. The van der Waals surface area contributed by atoms with Crippen LogP contribution in [0.25, 0.3) is 0 Å². The molecule has 0 saturated carbocycles. The Morgan fingerprint density at radius 3 is 2.67 bits per heavy atom. The first-order valence-electron chi connectivity index (χ1n) is 11.3. The number of nitrogens with one attached hydrogen (secondary N) is 1. The number of aromatic nitrogens is 3. The quantitative estimate of drug-likeness (QED) is 0.568. The fourth-order valence-electron chi connectivity index (χ4n) is 3.82. The van der Waals surface area contributed by atoms with E-state index >= 15 is 0 Å². The van der Waals surface area contributed by atoms with Gasteiger partial charge in [-0.1, -0.05) is 36.4 Å². The van der Waals surface area contributed by atoms with Crippen LogP contribution in [0.5, 0.6) is 0 Å². The van der Waals surface area contributed by atoms with Crippen LogP contribution in [0.3, 0.4) is 0 Å². The molecule has 0 spiro atoms. The first-order valence-corrected chi connectivity index (χ1v) is 11.3. The standard InChI is InChI=1S/C25H30N6O2/c1-19(2)31(16-20-8-4-3-5-9-20)24(32)18-30-14-15-33-22(17-30)21-10-6-11-23(28-21)29-25-26-12-7-13-27-25/h3-13,19,22H,14-18H2,1-2H3,(H,26,27,28,29)/t22-/m0/s1. The lowest BCUT2D eigenvalue weighted by atomic mass is 10.1. The van der Waals surface area contributed by atoms with Gasteiger partial charge in [0.1, 0.15) is 11.9 Å². The third kappa shape index (κ3) is 6.34. The number of hydrogen-bond acceptors (Lipinski definition) is 7. The van der Waals surface area contributed by atoms with Crippen molar-refractivity contribution in [3.63, 3.8) is 0 Å². The molecule has 1 fully saturated rings. The molecule has 1 amide bonds. The van der Waals surface area contributed by atoms with E-state index in [1.54, 1.807) is 18.5 Å². The number of rotatable bonds is 8. The first kappa shape index (κ1) is 22.8. The van der Waals surface area contributed by atoms with Crippen LogP contribution in [0.2, 0.25) is 0 Å². The molecular weight excluding hydrogens is 416 g/mol. The zero-order chi connectivity index (χ0) is 23.0. The van der Waals surface area contributed by atoms with Crippen molar-refractivity contribution in [2.45, 2.75) is 32.5 Å². The van der Waals surface area contributed by atoms with Crippen LogP contribution in [-0.2, 0) is 16.1 Å². The molecule has 0 radical (unpaired) electrons. The van der Waals surface area contributed by atoms with Crippen LogP contribution in [0.4, 0.5) is 11.8 Å². The Hall–Kier alpha value is -3.36. The highest BCUT2D eigenvalue weighted by molar-refractivity contribution is 5.78. The Bertz CT molecular complexity index is 1030. The van der Waals surface area contributed by atoms with E-state index in [0.29, 0.717) is 38.0 Å². The van der Waals surface area contributed by atoms with E-state index in [1.807, 2.05) is 41.3 Å². The Labute approximate surface area is 194 Å². The molecular formula is C25H30N6O2. The molecule has 1 N–H and O–H groups in total. The van der Waals surface area contributed by atoms with Gasteiger partial charge >= 0.3 is 0 Å². The molecule has 8 nitrogen and oxygen atoms in total. The molecule has 1 aromatic carbocycles. The Morgan fingerprint density at radius 2 is 1.91 bits per heavy atom. The van der Waals surface area contributed by atoms with Gasteiger partial charge in [-0.25, -0.2) is 15.0 Å². The zero-order valence-corrected chi connectivity index (χ0v) is 19.1. The lowest BCUT2D eigenvalue weighted by Crippen LogP contribution is -2.47. The number of anilines is 2. The summed E-state index contributed by atoms with van der Waals surface area (Å²) in [5.41, 5.74) is 1.95. The summed E-state index contributed by atoms with van der Waals surface area (Å²) in [6.07, 6.45) is 3.15. The van der Waals surface area contributed by atoms with Gasteiger partial charge in [-0.05, 0) is 37.6 Å². The third-order valence-electron chi connectivity index (χ3n) is 5.56. The van der Waals surface area contributed by atoms with E-state index in [9.17, 15) is 4.79 Å².